The average molecular weight is 374 g/mol. The number of ether oxygens (including phenoxy) is 1. The summed E-state index contributed by atoms with van der Waals surface area (Å²) in [4.78, 5) is 16.5. The zero-order valence-corrected chi connectivity index (χ0v) is 14.8. The van der Waals surface area contributed by atoms with Crippen LogP contribution in [-0.2, 0) is 11.2 Å². The van der Waals surface area contributed by atoms with Crippen molar-refractivity contribution in [2.45, 2.75) is 12.8 Å². The second kappa shape index (κ2) is 8.05. The number of hydrogen-bond donors (Lipinski definition) is 1. The molecule has 0 fully saturated rings. The number of halogens is 2. The van der Waals surface area contributed by atoms with Gasteiger partial charge in [-0.1, -0.05) is 18.2 Å². The fraction of sp³-hybridized carbons (Fsp3) is 0.158. The highest BCUT2D eigenvalue weighted by Crippen LogP contribution is 2.27. The van der Waals surface area contributed by atoms with Crippen LogP contribution < -0.4 is 10.1 Å². The van der Waals surface area contributed by atoms with Crippen molar-refractivity contribution in [3.8, 4) is 16.3 Å². The number of thiazole rings is 1. The first kappa shape index (κ1) is 18.0. The summed E-state index contributed by atoms with van der Waals surface area (Å²) in [6.07, 6.45) is 0.456. The summed E-state index contributed by atoms with van der Waals surface area (Å²) in [6, 6.07) is 11.0. The zero-order valence-electron chi connectivity index (χ0n) is 14.0. The molecular weight excluding hydrogens is 358 g/mol. The lowest BCUT2D eigenvalue weighted by Gasteiger charge is -2.06. The van der Waals surface area contributed by atoms with Crippen LogP contribution in [0.15, 0.2) is 47.8 Å². The molecule has 2 aromatic carbocycles. The van der Waals surface area contributed by atoms with Crippen LogP contribution in [0.1, 0.15) is 12.1 Å². The van der Waals surface area contributed by atoms with Gasteiger partial charge in [-0.25, -0.2) is 13.8 Å². The van der Waals surface area contributed by atoms with Crippen molar-refractivity contribution in [3.63, 3.8) is 0 Å². The number of carbonyl (C=O) groups is 1. The van der Waals surface area contributed by atoms with Gasteiger partial charge in [0.25, 0.3) is 0 Å². The Balaban J connectivity index is 1.62. The van der Waals surface area contributed by atoms with Crippen molar-refractivity contribution in [2.75, 3.05) is 12.4 Å². The molecular formula is C19H16F2N2O2S. The zero-order chi connectivity index (χ0) is 18.5. The fourth-order valence-electron chi connectivity index (χ4n) is 2.37. The van der Waals surface area contributed by atoms with E-state index in [2.05, 4.69) is 10.3 Å². The molecule has 0 aliphatic rings. The lowest BCUT2D eigenvalue weighted by Crippen LogP contribution is -2.14. The molecule has 0 saturated carbocycles. The number of methoxy groups -OCH3 is 1. The van der Waals surface area contributed by atoms with Crippen LogP contribution in [0.4, 0.5) is 14.5 Å². The Hall–Kier alpha value is -2.80. The minimum atomic E-state index is -0.799. The maximum atomic E-state index is 13.6. The lowest BCUT2D eigenvalue weighted by atomic mass is 10.2. The van der Waals surface area contributed by atoms with Crippen molar-refractivity contribution in [1.29, 1.82) is 0 Å². The topological polar surface area (TPSA) is 51.2 Å². The normalized spacial score (nSPS) is 10.6. The lowest BCUT2D eigenvalue weighted by molar-refractivity contribution is -0.116. The SMILES string of the molecule is COc1cccc(-c2nc(CCC(=O)Nc3c(F)cccc3F)cs2)c1. The van der Waals surface area contributed by atoms with E-state index in [0.29, 0.717) is 6.42 Å². The first-order valence-electron chi connectivity index (χ1n) is 7.89. The number of aromatic nitrogens is 1. The molecule has 0 radical (unpaired) electrons. The van der Waals surface area contributed by atoms with E-state index in [4.69, 9.17) is 4.74 Å². The summed E-state index contributed by atoms with van der Waals surface area (Å²) in [6.45, 7) is 0. The van der Waals surface area contributed by atoms with Gasteiger partial charge in [0.05, 0.1) is 12.8 Å². The Bertz CT molecular complexity index is 907. The van der Waals surface area contributed by atoms with E-state index >= 15 is 0 Å². The molecule has 0 aliphatic carbocycles. The Labute approximate surface area is 153 Å². The summed E-state index contributed by atoms with van der Waals surface area (Å²) in [5.41, 5.74) is 1.25. The molecule has 0 bridgehead atoms. The van der Waals surface area contributed by atoms with Gasteiger partial charge in [0, 0.05) is 17.4 Å². The fourth-order valence-corrected chi connectivity index (χ4v) is 3.22. The molecule has 3 aromatic rings. The molecule has 1 heterocycles. The molecule has 0 saturated heterocycles. The average Bonchev–Trinajstić information content (AvgIpc) is 3.12. The first-order valence-corrected chi connectivity index (χ1v) is 8.77. The molecule has 1 amide bonds. The molecule has 0 aliphatic heterocycles. The van der Waals surface area contributed by atoms with Gasteiger partial charge >= 0.3 is 0 Å². The van der Waals surface area contributed by atoms with Crippen LogP contribution in [0.25, 0.3) is 10.6 Å². The molecule has 3 rings (SSSR count). The van der Waals surface area contributed by atoms with Crippen LogP contribution in [0, 0.1) is 11.6 Å². The van der Waals surface area contributed by atoms with Crippen LogP contribution in [0.2, 0.25) is 0 Å². The van der Waals surface area contributed by atoms with Crippen molar-refractivity contribution in [2.24, 2.45) is 0 Å². The molecule has 7 heteroatoms. The number of anilines is 1. The van der Waals surface area contributed by atoms with E-state index < -0.39 is 23.2 Å². The van der Waals surface area contributed by atoms with E-state index in [9.17, 15) is 13.6 Å². The van der Waals surface area contributed by atoms with E-state index in [1.54, 1.807) is 7.11 Å². The number of amides is 1. The van der Waals surface area contributed by atoms with Crippen LogP contribution in [0.5, 0.6) is 5.75 Å². The number of nitrogens with one attached hydrogen (secondary N) is 1. The maximum Gasteiger partial charge on any atom is 0.224 e. The molecule has 1 N–H and O–H groups in total. The third kappa shape index (κ3) is 4.23. The van der Waals surface area contributed by atoms with Crippen molar-refractivity contribution in [1.82, 2.24) is 4.98 Å². The van der Waals surface area contributed by atoms with Gasteiger partial charge < -0.3 is 10.1 Å². The largest absolute Gasteiger partial charge is 0.497 e. The van der Waals surface area contributed by atoms with E-state index in [1.807, 2.05) is 29.6 Å². The van der Waals surface area contributed by atoms with Crippen molar-refractivity contribution < 1.29 is 18.3 Å². The molecule has 26 heavy (non-hydrogen) atoms. The van der Waals surface area contributed by atoms with Gasteiger partial charge in [0.2, 0.25) is 5.91 Å². The second-order valence-corrected chi connectivity index (χ2v) is 6.38. The number of hydrogen-bond acceptors (Lipinski definition) is 4. The number of carbonyl (C=O) groups excluding carboxylic acids is 1. The minimum Gasteiger partial charge on any atom is -0.497 e. The number of aryl methyl sites for hydroxylation is 1. The molecule has 0 atom stereocenters. The summed E-state index contributed by atoms with van der Waals surface area (Å²) in [5.74, 6) is -1.32. The molecule has 1 aromatic heterocycles. The molecule has 0 unspecified atom stereocenters. The van der Waals surface area contributed by atoms with Gasteiger partial charge in [0.15, 0.2) is 0 Å². The maximum absolute atomic E-state index is 13.6. The highest BCUT2D eigenvalue weighted by Gasteiger charge is 2.13. The molecule has 134 valence electrons. The Morgan fingerprint density at radius 1 is 1.19 bits per heavy atom. The van der Waals surface area contributed by atoms with Crippen molar-refractivity contribution >= 4 is 22.9 Å². The van der Waals surface area contributed by atoms with E-state index in [1.165, 1.54) is 17.4 Å². The smallest absolute Gasteiger partial charge is 0.224 e. The number of nitrogens with zero attached hydrogens (tertiary/aromatic N) is 1. The van der Waals surface area contributed by atoms with Gasteiger partial charge in [-0.3, -0.25) is 4.79 Å². The van der Waals surface area contributed by atoms with E-state index in [0.717, 1.165) is 34.1 Å². The quantitative estimate of drug-likeness (QED) is 0.682. The summed E-state index contributed by atoms with van der Waals surface area (Å²) in [7, 11) is 1.60. The Morgan fingerprint density at radius 2 is 1.92 bits per heavy atom. The van der Waals surface area contributed by atoms with Gasteiger partial charge in [-0.2, -0.15) is 0 Å². The Kier molecular flexibility index (Phi) is 5.58. The number of para-hydroxylation sites is 1. The predicted molar refractivity (Wildman–Crippen MR) is 97.4 cm³/mol. The van der Waals surface area contributed by atoms with Crippen molar-refractivity contribution in [3.05, 3.63) is 65.2 Å². The highest BCUT2D eigenvalue weighted by atomic mass is 32.1. The van der Waals surface area contributed by atoms with Crippen LogP contribution in [-0.4, -0.2) is 18.0 Å². The Morgan fingerprint density at radius 3 is 2.65 bits per heavy atom. The third-order valence-corrected chi connectivity index (χ3v) is 4.64. The second-order valence-electron chi connectivity index (χ2n) is 5.52. The van der Waals surface area contributed by atoms with Crippen LogP contribution >= 0.6 is 11.3 Å². The highest BCUT2D eigenvalue weighted by molar-refractivity contribution is 7.13. The number of rotatable bonds is 6. The van der Waals surface area contributed by atoms with Gasteiger partial charge in [-0.05, 0) is 30.7 Å². The minimum absolute atomic E-state index is 0.0784. The van der Waals surface area contributed by atoms with Gasteiger partial charge in [0.1, 0.15) is 28.1 Å². The third-order valence-electron chi connectivity index (χ3n) is 3.70. The summed E-state index contributed by atoms with van der Waals surface area (Å²) in [5, 5.41) is 4.96. The summed E-state index contributed by atoms with van der Waals surface area (Å²) >= 11 is 1.46. The first-order chi connectivity index (χ1) is 12.6. The van der Waals surface area contributed by atoms with Crippen LogP contribution in [0.3, 0.4) is 0 Å². The number of benzene rings is 2. The molecule has 4 nitrogen and oxygen atoms in total. The summed E-state index contributed by atoms with van der Waals surface area (Å²) < 4.78 is 32.3. The molecule has 0 spiro atoms. The predicted octanol–water partition coefficient (Wildman–Crippen LogP) is 4.67. The van der Waals surface area contributed by atoms with Gasteiger partial charge in [-0.15, -0.1) is 11.3 Å². The standard InChI is InChI=1S/C19H16F2N2O2S/c1-25-14-5-2-4-12(10-14)19-22-13(11-26-19)8-9-17(24)23-18-15(20)6-3-7-16(18)21/h2-7,10-11H,8-9H2,1H3,(H,23,24). The monoisotopic (exact) mass is 374 g/mol. The van der Waals surface area contributed by atoms with E-state index in [-0.39, 0.29) is 6.42 Å².